The SMILES string of the molecule is COc1ccc(C[C@H](CO)c2ccccc2)c(O)c1. The molecule has 1 atom stereocenters. The molecular weight excluding hydrogens is 240 g/mol. The molecule has 0 amide bonds. The number of methoxy groups -OCH3 is 1. The van der Waals surface area contributed by atoms with E-state index in [4.69, 9.17) is 4.74 Å². The van der Waals surface area contributed by atoms with Crippen LogP contribution in [0.15, 0.2) is 48.5 Å². The minimum Gasteiger partial charge on any atom is -0.508 e. The molecule has 0 radical (unpaired) electrons. The van der Waals surface area contributed by atoms with E-state index in [1.54, 1.807) is 13.2 Å². The molecule has 2 aromatic rings. The Morgan fingerprint density at radius 3 is 2.42 bits per heavy atom. The molecule has 0 aliphatic rings. The summed E-state index contributed by atoms with van der Waals surface area (Å²) >= 11 is 0. The Balaban J connectivity index is 2.19. The fourth-order valence-corrected chi connectivity index (χ4v) is 2.12. The van der Waals surface area contributed by atoms with Gasteiger partial charge in [0.1, 0.15) is 11.5 Å². The van der Waals surface area contributed by atoms with Gasteiger partial charge < -0.3 is 14.9 Å². The summed E-state index contributed by atoms with van der Waals surface area (Å²) in [5.41, 5.74) is 1.88. The normalized spacial score (nSPS) is 12.1. The molecule has 100 valence electrons. The first-order valence-corrected chi connectivity index (χ1v) is 6.26. The maximum atomic E-state index is 9.95. The Labute approximate surface area is 113 Å². The second-order valence-electron chi connectivity index (χ2n) is 4.49. The topological polar surface area (TPSA) is 49.7 Å². The van der Waals surface area contributed by atoms with E-state index in [0.717, 1.165) is 11.1 Å². The van der Waals surface area contributed by atoms with E-state index in [-0.39, 0.29) is 18.3 Å². The Kier molecular flexibility index (Phi) is 4.42. The van der Waals surface area contributed by atoms with Crippen LogP contribution in [0.2, 0.25) is 0 Å². The summed E-state index contributed by atoms with van der Waals surface area (Å²) in [6.45, 7) is 0.0511. The zero-order chi connectivity index (χ0) is 13.7. The quantitative estimate of drug-likeness (QED) is 0.867. The van der Waals surface area contributed by atoms with Crippen LogP contribution in [0.5, 0.6) is 11.5 Å². The molecule has 0 aliphatic carbocycles. The summed E-state index contributed by atoms with van der Waals surface area (Å²) in [4.78, 5) is 0. The van der Waals surface area contributed by atoms with Crippen molar-refractivity contribution >= 4 is 0 Å². The third kappa shape index (κ3) is 3.26. The molecule has 0 spiro atoms. The van der Waals surface area contributed by atoms with Gasteiger partial charge in [-0.05, 0) is 23.6 Å². The van der Waals surface area contributed by atoms with Crippen LogP contribution < -0.4 is 4.74 Å². The van der Waals surface area contributed by atoms with Gasteiger partial charge in [0.05, 0.1) is 13.7 Å². The number of benzene rings is 2. The smallest absolute Gasteiger partial charge is 0.122 e. The first-order chi connectivity index (χ1) is 9.24. The molecule has 2 rings (SSSR count). The summed E-state index contributed by atoms with van der Waals surface area (Å²) in [6.07, 6.45) is 0.594. The number of aliphatic hydroxyl groups is 1. The van der Waals surface area contributed by atoms with Crippen molar-refractivity contribution in [2.45, 2.75) is 12.3 Å². The summed E-state index contributed by atoms with van der Waals surface area (Å²) in [5.74, 6) is 0.815. The van der Waals surface area contributed by atoms with Crippen LogP contribution in [0.1, 0.15) is 17.0 Å². The highest BCUT2D eigenvalue weighted by Crippen LogP contribution is 2.28. The molecule has 0 bridgehead atoms. The van der Waals surface area contributed by atoms with Crippen molar-refractivity contribution in [3.8, 4) is 11.5 Å². The lowest BCUT2D eigenvalue weighted by atomic mass is 9.92. The number of aliphatic hydroxyl groups excluding tert-OH is 1. The second-order valence-corrected chi connectivity index (χ2v) is 4.49. The first-order valence-electron chi connectivity index (χ1n) is 6.26. The van der Waals surface area contributed by atoms with Crippen LogP contribution in [0.4, 0.5) is 0 Å². The van der Waals surface area contributed by atoms with Crippen molar-refractivity contribution in [2.24, 2.45) is 0 Å². The largest absolute Gasteiger partial charge is 0.508 e. The summed E-state index contributed by atoms with van der Waals surface area (Å²) < 4.78 is 5.06. The molecule has 2 N–H and O–H groups in total. The van der Waals surface area contributed by atoms with Crippen molar-refractivity contribution in [1.29, 1.82) is 0 Å². The summed E-state index contributed by atoms with van der Waals surface area (Å²) in [5, 5.41) is 19.5. The maximum Gasteiger partial charge on any atom is 0.122 e. The number of hydrogen-bond acceptors (Lipinski definition) is 3. The van der Waals surface area contributed by atoms with Crippen LogP contribution in [0.25, 0.3) is 0 Å². The highest BCUT2D eigenvalue weighted by Gasteiger charge is 2.13. The minimum atomic E-state index is -0.0134. The number of hydrogen-bond donors (Lipinski definition) is 2. The van der Waals surface area contributed by atoms with Crippen molar-refractivity contribution in [1.82, 2.24) is 0 Å². The number of rotatable bonds is 5. The van der Waals surface area contributed by atoms with Crippen LogP contribution in [-0.2, 0) is 6.42 Å². The lowest BCUT2D eigenvalue weighted by molar-refractivity contribution is 0.263. The zero-order valence-corrected chi connectivity index (χ0v) is 10.9. The Bertz CT molecular complexity index is 523. The molecule has 0 heterocycles. The average molecular weight is 258 g/mol. The molecule has 19 heavy (non-hydrogen) atoms. The van der Waals surface area contributed by atoms with Gasteiger partial charge in [-0.2, -0.15) is 0 Å². The summed E-state index contributed by atoms with van der Waals surface area (Å²) in [7, 11) is 1.56. The van der Waals surface area contributed by atoms with Crippen molar-refractivity contribution in [2.75, 3.05) is 13.7 Å². The van der Waals surface area contributed by atoms with Crippen LogP contribution in [-0.4, -0.2) is 23.9 Å². The Morgan fingerprint density at radius 2 is 1.84 bits per heavy atom. The van der Waals surface area contributed by atoms with Crippen molar-refractivity contribution in [3.05, 3.63) is 59.7 Å². The predicted molar refractivity (Wildman–Crippen MR) is 74.6 cm³/mol. The van der Waals surface area contributed by atoms with Crippen LogP contribution >= 0.6 is 0 Å². The number of phenolic OH excluding ortho intramolecular Hbond substituents is 1. The lowest BCUT2D eigenvalue weighted by Gasteiger charge is -2.16. The zero-order valence-electron chi connectivity index (χ0n) is 10.9. The monoisotopic (exact) mass is 258 g/mol. The van der Waals surface area contributed by atoms with Gasteiger partial charge >= 0.3 is 0 Å². The van der Waals surface area contributed by atoms with Crippen molar-refractivity contribution in [3.63, 3.8) is 0 Å². The van der Waals surface area contributed by atoms with E-state index in [1.807, 2.05) is 42.5 Å². The molecule has 0 fully saturated rings. The Hall–Kier alpha value is -2.00. The predicted octanol–water partition coefficient (Wildman–Crippen LogP) is 2.72. The van der Waals surface area contributed by atoms with Crippen LogP contribution in [0, 0.1) is 0 Å². The number of phenols is 1. The van der Waals surface area contributed by atoms with Gasteiger partial charge in [-0.3, -0.25) is 0 Å². The fraction of sp³-hybridized carbons (Fsp3) is 0.250. The van der Waals surface area contributed by atoms with Gasteiger partial charge in [0.25, 0.3) is 0 Å². The third-order valence-corrected chi connectivity index (χ3v) is 3.25. The van der Waals surface area contributed by atoms with E-state index in [9.17, 15) is 10.2 Å². The third-order valence-electron chi connectivity index (χ3n) is 3.25. The molecule has 0 saturated heterocycles. The van der Waals surface area contributed by atoms with E-state index < -0.39 is 0 Å². The van der Waals surface area contributed by atoms with Gasteiger partial charge in [0.15, 0.2) is 0 Å². The highest BCUT2D eigenvalue weighted by atomic mass is 16.5. The standard InChI is InChI=1S/C16H18O3/c1-19-15-8-7-13(16(18)10-15)9-14(11-17)12-5-3-2-4-6-12/h2-8,10,14,17-18H,9,11H2,1H3/t14-/m1/s1. The average Bonchev–Trinajstić information content (AvgIpc) is 2.47. The van der Waals surface area contributed by atoms with E-state index in [2.05, 4.69) is 0 Å². The number of aromatic hydroxyl groups is 1. The second kappa shape index (κ2) is 6.25. The molecule has 0 aliphatic heterocycles. The van der Waals surface area contributed by atoms with Crippen LogP contribution in [0.3, 0.4) is 0 Å². The van der Waals surface area contributed by atoms with Gasteiger partial charge in [0.2, 0.25) is 0 Å². The molecule has 3 nitrogen and oxygen atoms in total. The Morgan fingerprint density at radius 1 is 1.11 bits per heavy atom. The molecule has 0 saturated carbocycles. The van der Waals surface area contributed by atoms with Gasteiger partial charge in [-0.15, -0.1) is 0 Å². The van der Waals surface area contributed by atoms with E-state index >= 15 is 0 Å². The first kappa shape index (κ1) is 13.4. The summed E-state index contributed by atoms with van der Waals surface area (Å²) in [6, 6.07) is 15.1. The van der Waals surface area contributed by atoms with Gasteiger partial charge in [0, 0.05) is 12.0 Å². The highest BCUT2D eigenvalue weighted by molar-refractivity contribution is 5.40. The van der Waals surface area contributed by atoms with Gasteiger partial charge in [-0.1, -0.05) is 36.4 Å². The van der Waals surface area contributed by atoms with Crippen molar-refractivity contribution < 1.29 is 14.9 Å². The molecule has 2 aromatic carbocycles. The van der Waals surface area contributed by atoms with Gasteiger partial charge in [-0.25, -0.2) is 0 Å². The number of ether oxygens (including phenoxy) is 1. The molecular formula is C16H18O3. The maximum absolute atomic E-state index is 9.95. The molecule has 3 heteroatoms. The lowest BCUT2D eigenvalue weighted by Crippen LogP contribution is -2.07. The minimum absolute atomic E-state index is 0.0134. The van der Waals surface area contributed by atoms with E-state index in [0.29, 0.717) is 12.2 Å². The molecule has 0 aromatic heterocycles. The molecule has 0 unspecified atom stereocenters. The van der Waals surface area contributed by atoms with E-state index in [1.165, 1.54) is 0 Å². The fourth-order valence-electron chi connectivity index (χ4n) is 2.12.